The smallest absolute Gasteiger partial charge is 0.251 e. The predicted molar refractivity (Wildman–Crippen MR) is 101 cm³/mol. The number of benzene rings is 1. The molecule has 0 aromatic heterocycles. The highest BCUT2D eigenvalue weighted by Crippen LogP contribution is 2.19. The molecule has 1 atom stereocenters. The van der Waals surface area contributed by atoms with Gasteiger partial charge >= 0.3 is 0 Å². The van der Waals surface area contributed by atoms with Crippen molar-refractivity contribution >= 4 is 21.6 Å². The Kier molecular flexibility index (Phi) is 7.25. The molecule has 1 aromatic rings. The van der Waals surface area contributed by atoms with Gasteiger partial charge in [-0.3, -0.25) is 9.52 Å². The normalized spacial score (nSPS) is 18.7. The van der Waals surface area contributed by atoms with E-state index in [1.54, 1.807) is 24.3 Å². The van der Waals surface area contributed by atoms with Crippen molar-refractivity contribution in [2.45, 2.75) is 45.1 Å². The zero-order valence-corrected chi connectivity index (χ0v) is 15.9. The van der Waals surface area contributed by atoms with E-state index in [2.05, 4.69) is 21.9 Å². The number of anilines is 1. The third kappa shape index (κ3) is 6.66. The molecule has 0 saturated carbocycles. The van der Waals surface area contributed by atoms with Crippen LogP contribution in [0.3, 0.4) is 0 Å². The molecular weight excluding hydrogens is 338 g/mol. The van der Waals surface area contributed by atoms with E-state index in [-0.39, 0.29) is 5.91 Å². The highest BCUT2D eigenvalue weighted by molar-refractivity contribution is 7.92. The largest absolute Gasteiger partial charge is 0.352 e. The van der Waals surface area contributed by atoms with Gasteiger partial charge in [-0.25, -0.2) is 8.42 Å². The number of carbonyl (C=O) groups excluding carboxylic acids is 1. The fourth-order valence-electron chi connectivity index (χ4n) is 3.31. The molecule has 2 N–H and O–H groups in total. The van der Waals surface area contributed by atoms with Gasteiger partial charge in [-0.15, -0.1) is 0 Å². The number of carbonyl (C=O) groups is 1. The van der Waals surface area contributed by atoms with Crippen LogP contribution in [0.5, 0.6) is 0 Å². The molecule has 1 saturated heterocycles. The zero-order valence-electron chi connectivity index (χ0n) is 15.1. The molecule has 1 heterocycles. The maximum Gasteiger partial charge on any atom is 0.251 e. The summed E-state index contributed by atoms with van der Waals surface area (Å²) in [5, 5.41) is 2.93. The van der Waals surface area contributed by atoms with Crippen LogP contribution in [0, 0.1) is 0 Å². The van der Waals surface area contributed by atoms with Gasteiger partial charge in [0.25, 0.3) is 5.91 Å². The van der Waals surface area contributed by atoms with E-state index in [1.165, 1.54) is 32.2 Å². The molecule has 2 rings (SSSR count). The minimum absolute atomic E-state index is 0.128. The van der Waals surface area contributed by atoms with Crippen molar-refractivity contribution in [1.29, 1.82) is 0 Å². The second-order valence-corrected chi connectivity index (χ2v) is 8.40. The van der Waals surface area contributed by atoms with Crippen LogP contribution in [0.25, 0.3) is 0 Å². The Morgan fingerprint density at radius 3 is 2.60 bits per heavy atom. The maximum atomic E-state index is 12.1. The molecule has 7 heteroatoms. The van der Waals surface area contributed by atoms with Crippen molar-refractivity contribution in [2.75, 3.05) is 30.6 Å². The lowest BCUT2D eigenvalue weighted by molar-refractivity contribution is 0.0947. The summed E-state index contributed by atoms with van der Waals surface area (Å²) in [6.07, 6.45) is 7.12. The third-order valence-corrected chi connectivity index (χ3v) is 5.18. The topological polar surface area (TPSA) is 78.5 Å². The number of nitrogens with zero attached hydrogens (tertiary/aromatic N) is 1. The number of hydrogen-bond donors (Lipinski definition) is 2. The summed E-state index contributed by atoms with van der Waals surface area (Å²) in [5.41, 5.74) is 0.984. The lowest BCUT2D eigenvalue weighted by atomic mass is 10.00. The van der Waals surface area contributed by atoms with Crippen LogP contribution in [-0.4, -0.2) is 51.2 Å². The maximum absolute atomic E-state index is 12.1. The molecule has 1 aliphatic rings. The standard InChI is InChI=1S/C18H29N3O3S/c1-3-17-7-4-5-13-21(17)14-6-12-19-18(22)15-8-10-16(11-9-15)20-25(2,23)24/h8-11,17,20H,3-7,12-14H2,1-2H3,(H,19,22)/t17-/m0/s1. The van der Waals surface area contributed by atoms with Gasteiger partial charge in [-0.1, -0.05) is 13.3 Å². The summed E-state index contributed by atoms with van der Waals surface area (Å²) in [5.74, 6) is -0.128. The summed E-state index contributed by atoms with van der Waals surface area (Å²) in [6.45, 7) is 5.08. The molecule has 0 aliphatic carbocycles. The van der Waals surface area contributed by atoms with Gasteiger partial charge in [-0.2, -0.15) is 0 Å². The quantitative estimate of drug-likeness (QED) is 0.692. The molecule has 6 nitrogen and oxygen atoms in total. The average molecular weight is 368 g/mol. The number of nitrogens with one attached hydrogen (secondary N) is 2. The molecule has 0 spiro atoms. The highest BCUT2D eigenvalue weighted by atomic mass is 32.2. The van der Waals surface area contributed by atoms with Crippen molar-refractivity contribution in [3.63, 3.8) is 0 Å². The number of rotatable bonds is 8. The molecule has 1 fully saturated rings. The van der Waals surface area contributed by atoms with Crippen molar-refractivity contribution in [3.8, 4) is 0 Å². The Labute approximate surface area is 151 Å². The van der Waals surface area contributed by atoms with Gasteiger partial charge in [-0.05, 0) is 56.5 Å². The van der Waals surface area contributed by atoms with Gasteiger partial charge in [0, 0.05) is 30.4 Å². The first-order valence-corrected chi connectivity index (χ1v) is 10.9. The van der Waals surface area contributed by atoms with Crippen LogP contribution < -0.4 is 10.0 Å². The Morgan fingerprint density at radius 2 is 1.96 bits per heavy atom. The molecule has 0 radical (unpaired) electrons. The van der Waals surface area contributed by atoms with Crippen molar-refractivity contribution < 1.29 is 13.2 Å². The first kappa shape index (κ1) is 19.7. The molecule has 1 amide bonds. The van der Waals surface area contributed by atoms with Gasteiger partial charge < -0.3 is 10.2 Å². The fourth-order valence-corrected chi connectivity index (χ4v) is 3.87. The van der Waals surface area contributed by atoms with E-state index in [4.69, 9.17) is 0 Å². The molecule has 140 valence electrons. The fraction of sp³-hybridized carbons (Fsp3) is 0.611. The van der Waals surface area contributed by atoms with Gasteiger partial charge in [0.15, 0.2) is 0 Å². The first-order valence-electron chi connectivity index (χ1n) is 8.99. The predicted octanol–water partition coefficient (Wildman–Crippen LogP) is 2.44. The number of hydrogen-bond acceptors (Lipinski definition) is 4. The SMILES string of the molecule is CC[C@H]1CCCCN1CCCNC(=O)c1ccc(NS(C)(=O)=O)cc1. The Balaban J connectivity index is 1.74. The molecule has 25 heavy (non-hydrogen) atoms. The minimum atomic E-state index is -3.30. The summed E-state index contributed by atoms with van der Waals surface area (Å²) < 4.78 is 24.7. The minimum Gasteiger partial charge on any atom is -0.352 e. The first-order chi connectivity index (χ1) is 11.9. The number of piperidine rings is 1. The summed E-state index contributed by atoms with van der Waals surface area (Å²) in [7, 11) is -3.30. The third-order valence-electron chi connectivity index (χ3n) is 4.58. The van der Waals surface area contributed by atoms with Gasteiger partial charge in [0.2, 0.25) is 10.0 Å². The van der Waals surface area contributed by atoms with E-state index < -0.39 is 10.0 Å². The molecular formula is C18H29N3O3S. The van der Waals surface area contributed by atoms with Crippen LogP contribution in [0.15, 0.2) is 24.3 Å². The van der Waals surface area contributed by atoms with E-state index >= 15 is 0 Å². The number of likely N-dealkylation sites (tertiary alicyclic amines) is 1. The van der Waals surface area contributed by atoms with Crippen LogP contribution in [0.4, 0.5) is 5.69 Å². The molecule has 0 bridgehead atoms. The zero-order chi connectivity index (χ0) is 18.3. The van der Waals surface area contributed by atoms with E-state index in [9.17, 15) is 13.2 Å². The second kappa shape index (κ2) is 9.20. The van der Waals surface area contributed by atoms with Crippen LogP contribution in [-0.2, 0) is 10.0 Å². The van der Waals surface area contributed by atoms with Crippen LogP contribution >= 0.6 is 0 Å². The lowest BCUT2D eigenvalue weighted by Crippen LogP contribution is -2.40. The Hall–Kier alpha value is -1.60. The average Bonchev–Trinajstić information content (AvgIpc) is 2.58. The molecule has 0 unspecified atom stereocenters. The van der Waals surface area contributed by atoms with E-state index in [1.807, 2.05) is 0 Å². The number of sulfonamides is 1. The van der Waals surface area contributed by atoms with E-state index in [0.29, 0.717) is 23.8 Å². The molecule has 1 aromatic carbocycles. The highest BCUT2D eigenvalue weighted by Gasteiger charge is 2.19. The summed E-state index contributed by atoms with van der Waals surface area (Å²) >= 11 is 0. The monoisotopic (exact) mass is 367 g/mol. The summed E-state index contributed by atoms with van der Waals surface area (Å²) in [4.78, 5) is 14.7. The van der Waals surface area contributed by atoms with Crippen molar-refractivity contribution in [3.05, 3.63) is 29.8 Å². The van der Waals surface area contributed by atoms with E-state index in [0.717, 1.165) is 19.2 Å². The Morgan fingerprint density at radius 1 is 1.24 bits per heavy atom. The lowest BCUT2D eigenvalue weighted by Gasteiger charge is -2.35. The van der Waals surface area contributed by atoms with Gasteiger partial charge in [0.1, 0.15) is 0 Å². The summed E-state index contributed by atoms with van der Waals surface area (Å²) in [6, 6.07) is 7.13. The Bertz CT molecular complexity index is 659. The van der Waals surface area contributed by atoms with Crippen molar-refractivity contribution in [2.24, 2.45) is 0 Å². The number of amides is 1. The van der Waals surface area contributed by atoms with Crippen LogP contribution in [0.1, 0.15) is 49.4 Å². The van der Waals surface area contributed by atoms with Crippen molar-refractivity contribution in [1.82, 2.24) is 10.2 Å². The molecule has 1 aliphatic heterocycles. The second-order valence-electron chi connectivity index (χ2n) is 6.65. The van der Waals surface area contributed by atoms with Gasteiger partial charge in [0.05, 0.1) is 6.26 Å². The van der Waals surface area contributed by atoms with Crippen LogP contribution in [0.2, 0.25) is 0 Å².